The zero-order chi connectivity index (χ0) is 8.55. The van der Waals surface area contributed by atoms with Gasteiger partial charge in [0.2, 0.25) is 5.91 Å². The number of rotatable bonds is 2. The maximum absolute atomic E-state index is 11.4. The summed E-state index contributed by atoms with van der Waals surface area (Å²) in [5.74, 6) is 0.775. The molecule has 0 spiro atoms. The van der Waals surface area contributed by atoms with Crippen LogP contribution in [0.25, 0.3) is 0 Å². The molecule has 3 nitrogen and oxygen atoms in total. The van der Waals surface area contributed by atoms with Crippen molar-refractivity contribution in [2.24, 2.45) is 5.92 Å². The molecular weight excluding hydrogens is 154 g/mol. The van der Waals surface area contributed by atoms with E-state index >= 15 is 0 Å². The highest BCUT2D eigenvalue weighted by Crippen LogP contribution is 2.29. The first-order chi connectivity index (χ1) is 5.77. The number of ether oxygens (including phenoxy) is 1. The topological polar surface area (TPSA) is 38.3 Å². The summed E-state index contributed by atoms with van der Waals surface area (Å²) in [6, 6.07) is 0.432. The first-order valence-corrected chi connectivity index (χ1v) is 4.69. The molecule has 1 aliphatic carbocycles. The van der Waals surface area contributed by atoms with Crippen LogP contribution in [0.1, 0.15) is 26.2 Å². The van der Waals surface area contributed by atoms with Crippen molar-refractivity contribution < 1.29 is 9.53 Å². The van der Waals surface area contributed by atoms with Crippen LogP contribution >= 0.6 is 0 Å². The van der Waals surface area contributed by atoms with Gasteiger partial charge in [0.15, 0.2) is 0 Å². The van der Waals surface area contributed by atoms with Gasteiger partial charge < -0.3 is 10.1 Å². The summed E-state index contributed by atoms with van der Waals surface area (Å²) in [7, 11) is 0. The van der Waals surface area contributed by atoms with Crippen LogP contribution in [0.5, 0.6) is 0 Å². The summed E-state index contributed by atoms with van der Waals surface area (Å²) >= 11 is 0. The van der Waals surface area contributed by atoms with E-state index in [4.69, 9.17) is 4.74 Å². The first kappa shape index (κ1) is 8.05. The molecule has 0 aromatic rings. The van der Waals surface area contributed by atoms with Gasteiger partial charge in [-0.1, -0.05) is 6.92 Å². The van der Waals surface area contributed by atoms with Crippen LogP contribution in [0, 0.1) is 5.92 Å². The molecule has 12 heavy (non-hydrogen) atoms. The van der Waals surface area contributed by atoms with Gasteiger partial charge in [-0.15, -0.1) is 0 Å². The Balaban J connectivity index is 1.76. The summed E-state index contributed by atoms with van der Waals surface area (Å²) in [5.41, 5.74) is 0. The second kappa shape index (κ2) is 3.05. The summed E-state index contributed by atoms with van der Waals surface area (Å²) in [6.07, 6.45) is 2.90. The first-order valence-electron chi connectivity index (χ1n) is 4.69. The highest BCUT2D eigenvalue weighted by Gasteiger charge is 2.36. The van der Waals surface area contributed by atoms with Crippen molar-refractivity contribution in [3.8, 4) is 0 Å². The average molecular weight is 169 g/mol. The van der Waals surface area contributed by atoms with Crippen LogP contribution in [0.15, 0.2) is 0 Å². The quantitative estimate of drug-likeness (QED) is 0.660. The normalized spacial score (nSPS) is 39.6. The Morgan fingerprint density at radius 2 is 2.33 bits per heavy atom. The smallest absolute Gasteiger partial charge is 0.249 e. The second-order valence-corrected chi connectivity index (χ2v) is 3.83. The Morgan fingerprint density at radius 3 is 2.83 bits per heavy atom. The summed E-state index contributed by atoms with van der Waals surface area (Å²) < 4.78 is 5.27. The molecule has 2 aliphatic rings. The Labute approximate surface area is 72.5 Å². The van der Waals surface area contributed by atoms with Gasteiger partial charge in [-0.2, -0.15) is 0 Å². The van der Waals surface area contributed by atoms with Crippen molar-refractivity contribution in [2.75, 3.05) is 6.61 Å². The molecule has 0 aromatic carbocycles. The second-order valence-electron chi connectivity index (χ2n) is 3.83. The maximum atomic E-state index is 11.4. The molecule has 1 heterocycles. The molecule has 68 valence electrons. The molecule has 3 heteroatoms. The molecule has 3 atom stereocenters. The molecule has 0 bridgehead atoms. The van der Waals surface area contributed by atoms with E-state index in [9.17, 15) is 4.79 Å². The number of amides is 1. The van der Waals surface area contributed by atoms with Gasteiger partial charge >= 0.3 is 0 Å². The SMILES string of the molecule is CC1CC1NC(=O)[C@H]1CCCO1. The largest absolute Gasteiger partial charge is 0.368 e. The zero-order valence-electron chi connectivity index (χ0n) is 7.38. The molecule has 1 aliphatic heterocycles. The molecule has 2 rings (SSSR count). The molecular formula is C9H15NO2. The predicted molar refractivity (Wildman–Crippen MR) is 44.7 cm³/mol. The van der Waals surface area contributed by atoms with Gasteiger partial charge in [0.1, 0.15) is 6.10 Å². The lowest BCUT2D eigenvalue weighted by molar-refractivity contribution is -0.130. The Bertz CT molecular complexity index is 187. The summed E-state index contributed by atoms with van der Waals surface area (Å²) in [4.78, 5) is 11.4. The third kappa shape index (κ3) is 1.61. The number of nitrogens with one attached hydrogen (secondary N) is 1. The Kier molecular flexibility index (Phi) is 2.05. The van der Waals surface area contributed by atoms with E-state index in [0.29, 0.717) is 12.0 Å². The third-order valence-electron chi connectivity index (χ3n) is 2.66. The minimum atomic E-state index is -0.155. The van der Waals surface area contributed by atoms with Gasteiger partial charge in [0.05, 0.1) is 0 Å². The molecule has 0 aromatic heterocycles. The van der Waals surface area contributed by atoms with Crippen LogP contribution < -0.4 is 5.32 Å². The van der Waals surface area contributed by atoms with Crippen molar-refractivity contribution in [2.45, 2.75) is 38.3 Å². The highest BCUT2D eigenvalue weighted by atomic mass is 16.5. The molecule has 2 unspecified atom stereocenters. The van der Waals surface area contributed by atoms with Crippen LogP contribution in [-0.4, -0.2) is 24.7 Å². The van der Waals surface area contributed by atoms with Gasteiger partial charge in [-0.3, -0.25) is 4.79 Å². The third-order valence-corrected chi connectivity index (χ3v) is 2.66. The summed E-state index contributed by atoms with van der Waals surface area (Å²) in [6.45, 7) is 2.90. The summed E-state index contributed by atoms with van der Waals surface area (Å²) in [5, 5.41) is 2.98. The van der Waals surface area contributed by atoms with E-state index in [2.05, 4.69) is 12.2 Å². The van der Waals surface area contributed by atoms with Crippen LogP contribution in [0.3, 0.4) is 0 Å². The van der Waals surface area contributed by atoms with Gasteiger partial charge in [-0.05, 0) is 25.2 Å². The Hall–Kier alpha value is -0.570. The average Bonchev–Trinajstić information content (AvgIpc) is 2.58. The molecule has 1 saturated heterocycles. The zero-order valence-corrected chi connectivity index (χ0v) is 7.38. The lowest BCUT2D eigenvalue weighted by Gasteiger charge is -2.09. The standard InChI is InChI=1S/C9H15NO2/c1-6-5-7(6)10-9(11)8-3-2-4-12-8/h6-8H,2-5H2,1H3,(H,10,11)/t6?,7?,8-/m1/s1. The van der Waals surface area contributed by atoms with Crippen molar-refractivity contribution >= 4 is 5.91 Å². The molecule has 0 radical (unpaired) electrons. The van der Waals surface area contributed by atoms with E-state index in [0.717, 1.165) is 25.9 Å². The van der Waals surface area contributed by atoms with Crippen molar-refractivity contribution in [3.63, 3.8) is 0 Å². The molecule has 1 saturated carbocycles. The number of carbonyl (C=O) groups excluding carboxylic acids is 1. The maximum Gasteiger partial charge on any atom is 0.249 e. The van der Waals surface area contributed by atoms with Crippen LogP contribution in [0.4, 0.5) is 0 Å². The fourth-order valence-corrected chi connectivity index (χ4v) is 1.58. The van der Waals surface area contributed by atoms with Crippen LogP contribution in [-0.2, 0) is 9.53 Å². The number of carbonyl (C=O) groups is 1. The van der Waals surface area contributed by atoms with Crippen molar-refractivity contribution in [1.82, 2.24) is 5.32 Å². The van der Waals surface area contributed by atoms with Gasteiger partial charge in [0, 0.05) is 12.6 Å². The van der Waals surface area contributed by atoms with Gasteiger partial charge in [-0.25, -0.2) is 0 Å². The molecule has 1 N–H and O–H groups in total. The lowest BCUT2D eigenvalue weighted by Crippen LogP contribution is -2.36. The molecule has 1 amide bonds. The van der Waals surface area contributed by atoms with Crippen LogP contribution in [0.2, 0.25) is 0 Å². The van der Waals surface area contributed by atoms with E-state index in [1.807, 2.05) is 0 Å². The predicted octanol–water partition coefficient (Wildman–Crippen LogP) is 0.690. The molecule has 2 fully saturated rings. The van der Waals surface area contributed by atoms with Crippen molar-refractivity contribution in [1.29, 1.82) is 0 Å². The highest BCUT2D eigenvalue weighted by molar-refractivity contribution is 5.81. The number of hydrogen-bond donors (Lipinski definition) is 1. The number of hydrogen-bond acceptors (Lipinski definition) is 2. The fourth-order valence-electron chi connectivity index (χ4n) is 1.58. The van der Waals surface area contributed by atoms with Gasteiger partial charge in [0.25, 0.3) is 0 Å². The lowest BCUT2D eigenvalue weighted by atomic mass is 10.2. The van der Waals surface area contributed by atoms with E-state index in [-0.39, 0.29) is 12.0 Å². The minimum Gasteiger partial charge on any atom is -0.368 e. The minimum absolute atomic E-state index is 0.0989. The van der Waals surface area contributed by atoms with E-state index in [1.54, 1.807) is 0 Å². The monoisotopic (exact) mass is 169 g/mol. The fraction of sp³-hybridized carbons (Fsp3) is 0.889. The van der Waals surface area contributed by atoms with E-state index in [1.165, 1.54) is 0 Å². The Morgan fingerprint density at radius 1 is 1.58 bits per heavy atom. The van der Waals surface area contributed by atoms with Crippen molar-refractivity contribution in [3.05, 3.63) is 0 Å². The van der Waals surface area contributed by atoms with E-state index < -0.39 is 0 Å².